The zero-order chi connectivity index (χ0) is 14.5. The van der Waals surface area contributed by atoms with E-state index >= 15 is 0 Å². The Morgan fingerprint density at radius 2 is 2.15 bits per heavy atom. The van der Waals surface area contributed by atoms with Crippen molar-refractivity contribution < 1.29 is 14.3 Å². The summed E-state index contributed by atoms with van der Waals surface area (Å²) in [7, 11) is 0. The van der Waals surface area contributed by atoms with E-state index in [0.717, 1.165) is 12.8 Å². The molecule has 1 aromatic rings. The lowest BCUT2D eigenvalue weighted by Crippen LogP contribution is -2.31. The van der Waals surface area contributed by atoms with E-state index in [-0.39, 0.29) is 12.5 Å². The second-order valence-corrected chi connectivity index (χ2v) is 4.72. The SMILES string of the molecule is CCOC(=O)c1ccc(NCC(=O)NC2CC2)c(N)c1. The molecule has 0 aromatic heterocycles. The average Bonchev–Trinajstić information content (AvgIpc) is 3.21. The molecule has 4 N–H and O–H groups in total. The van der Waals surface area contributed by atoms with Crippen LogP contribution in [0.5, 0.6) is 0 Å². The fraction of sp³-hybridized carbons (Fsp3) is 0.429. The van der Waals surface area contributed by atoms with Crippen LogP contribution in [0.3, 0.4) is 0 Å². The van der Waals surface area contributed by atoms with Gasteiger partial charge in [0.1, 0.15) is 0 Å². The molecule has 6 heteroatoms. The third-order valence-electron chi connectivity index (χ3n) is 2.94. The van der Waals surface area contributed by atoms with Gasteiger partial charge >= 0.3 is 5.97 Å². The summed E-state index contributed by atoms with van der Waals surface area (Å²) in [4.78, 5) is 23.1. The molecular formula is C14H19N3O3. The first-order chi connectivity index (χ1) is 9.60. The Kier molecular flexibility index (Phi) is 4.45. The van der Waals surface area contributed by atoms with Crippen molar-refractivity contribution in [2.75, 3.05) is 24.2 Å². The lowest BCUT2D eigenvalue weighted by Gasteiger charge is -2.10. The van der Waals surface area contributed by atoms with Gasteiger partial charge in [-0.2, -0.15) is 0 Å². The Hall–Kier alpha value is -2.24. The van der Waals surface area contributed by atoms with Crippen LogP contribution in [0.2, 0.25) is 0 Å². The molecule has 0 bridgehead atoms. The standard InChI is InChI=1S/C14H19N3O3/c1-2-20-14(19)9-3-6-12(11(15)7-9)16-8-13(18)17-10-4-5-10/h3,6-7,10,16H,2,4-5,8,15H2,1H3,(H,17,18). The molecule has 0 heterocycles. The normalized spacial score (nSPS) is 13.7. The highest BCUT2D eigenvalue weighted by molar-refractivity contribution is 5.92. The molecule has 0 saturated heterocycles. The Morgan fingerprint density at radius 3 is 2.75 bits per heavy atom. The minimum absolute atomic E-state index is 0.0543. The number of hydrogen-bond donors (Lipinski definition) is 3. The molecule has 0 aliphatic heterocycles. The van der Waals surface area contributed by atoms with Gasteiger partial charge in [0.2, 0.25) is 5.91 Å². The third-order valence-corrected chi connectivity index (χ3v) is 2.94. The van der Waals surface area contributed by atoms with E-state index in [2.05, 4.69) is 10.6 Å². The zero-order valence-electron chi connectivity index (χ0n) is 11.4. The summed E-state index contributed by atoms with van der Waals surface area (Å²) in [5.41, 5.74) is 7.29. The van der Waals surface area contributed by atoms with Crippen LogP contribution in [-0.4, -0.2) is 31.1 Å². The van der Waals surface area contributed by atoms with Crippen LogP contribution < -0.4 is 16.4 Å². The summed E-state index contributed by atoms with van der Waals surface area (Å²) in [5, 5.41) is 5.83. The predicted molar refractivity (Wildman–Crippen MR) is 76.5 cm³/mol. The first-order valence-corrected chi connectivity index (χ1v) is 6.70. The van der Waals surface area contributed by atoms with Gasteiger partial charge < -0.3 is 21.1 Å². The molecule has 0 radical (unpaired) electrons. The van der Waals surface area contributed by atoms with Crippen LogP contribution in [0, 0.1) is 0 Å². The number of benzene rings is 1. The molecule has 20 heavy (non-hydrogen) atoms. The number of nitrogen functional groups attached to an aromatic ring is 1. The van der Waals surface area contributed by atoms with Crippen molar-refractivity contribution in [3.8, 4) is 0 Å². The number of hydrogen-bond acceptors (Lipinski definition) is 5. The van der Waals surface area contributed by atoms with Crippen LogP contribution in [0.25, 0.3) is 0 Å². The summed E-state index contributed by atoms with van der Waals surface area (Å²) in [6, 6.07) is 5.17. The smallest absolute Gasteiger partial charge is 0.338 e. The first kappa shape index (κ1) is 14.2. The lowest BCUT2D eigenvalue weighted by molar-refractivity contribution is -0.119. The number of carbonyl (C=O) groups excluding carboxylic acids is 2. The second kappa shape index (κ2) is 6.27. The highest BCUT2D eigenvalue weighted by atomic mass is 16.5. The summed E-state index contributed by atoms with van der Waals surface area (Å²) in [5.74, 6) is -0.460. The predicted octanol–water partition coefficient (Wildman–Crippen LogP) is 1.14. The molecule has 1 aliphatic carbocycles. The average molecular weight is 277 g/mol. The summed E-state index contributed by atoms with van der Waals surface area (Å²) < 4.78 is 4.89. The Bertz CT molecular complexity index is 512. The monoisotopic (exact) mass is 277 g/mol. The van der Waals surface area contributed by atoms with E-state index in [0.29, 0.717) is 29.6 Å². The van der Waals surface area contributed by atoms with Crippen LogP contribution in [0.1, 0.15) is 30.1 Å². The van der Waals surface area contributed by atoms with E-state index in [1.165, 1.54) is 0 Å². The molecule has 1 saturated carbocycles. The minimum Gasteiger partial charge on any atom is -0.462 e. The number of esters is 1. The topological polar surface area (TPSA) is 93.4 Å². The maximum atomic E-state index is 11.5. The number of rotatable bonds is 6. The fourth-order valence-electron chi connectivity index (χ4n) is 1.75. The number of carbonyl (C=O) groups is 2. The molecule has 0 unspecified atom stereocenters. The maximum absolute atomic E-state index is 11.5. The largest absolute Gasteiger partial charge is 0.462 e. The van der Waals surface area contributed by atoms with Crippen molar-refractivity contribution in [2.24, 2.45) is 0 Å². The molecule has 0 spiro atoms. The van der Waals surface area contributed by atoms with Gasteiger partial charge in [0.15, 0.2) is 0 Å². The molecule has 6 nitrogen and oxygen atoms in total. The molecular weight excluding hydrogens is 258 g/mol. The maximum Gasteiger partial charge on any atom is 0.338 e. The van der Waals surface area contributed by atoms with Gasteiger partial charge in [0.05, 0.1) is 30.1 Å². The number of amides is 1. The van der Waals surface area contributed by atoms with Crippen LogP contribution in [-0.2, 0) is 9.53 Å². The Balaban J connectivity index is 1.91. The highest BCUT2D eigenvalue weighted by Gasteiger charge is 2.22. The molecule has 1 aromatic carbocycles. The first-order valence-electron chi connectivity index (χ1n) is 6.70. The third kappa shape index (κ3) is 3.88. The van der Waals surface area contributed by atoms with Gasteiger partial charge in [0, 0.05) is 6.04 Å². The van der Waals surface area contributed by atoms with Crippen molar-refractivity contribution in [2.45, 2.75) is 25.8 Å². The van der Waals surface area contributed by atoms with Crippen molar-refractivity contribution in [1.82, 2.24) is 5.32 Å². The number of anilines is 2. The van der Waals surface area contributed by atoms with Gasteiger partial charge in [-0.15, -0.1) is 0 Å². The fourth-order valence-corrected chi connectivity index (χ4v) is 1.75. The summed E-state index contributed by atoms with van der Waals surface area (Å²) in [6.07, 6.45) is 2.12. The van der Waals surface area contributed by atoms with Gasteiger partial charge in [-0.1, -0.05) is 0 Å². The van der Waals surface area contributed by atoms with E-state index < -0.39 is 5.97 Å². The number of nitrogens with two attached hydrogens (primary N) is 1. The van der Waals surface area contributed by atoms with Crippen molar-refractivity contribution in [1.29, 1.82) is 0 Å². The van der Waals surface area contributed by atoms with Crippen molar-refractivity contribution in [3.05, 3.63) is 23.8 Å². The molecule has 2 rings (SSSR count). The molecule has 1 fully saturated rings. The van der Waals surface area contributed by atoms with Gasteiger partial charge in [-0.05, 0) is 38.0 Å². The van der Waals surface area contributed by atoms with Gasteiger partial charge in [0.25, 0.3) is 0 Å². The van der Waals surface area contributed by atoms with E-state index in [9.17, 15) is 9.59 Å². The summed E-state index contributed by atoms with van der Waals surface area (Å²) in [6.45, 7) is 2.23. The second-order valence-electron chi connectivity index (χ2n) is 4.72. The lowest BCUT2D eigenvalue weighted by atomic mass is 10.1. The quantitative estimate of drug-likeness (QED) is 0.535. The zero-order valence-corrected chi connectivity index (χ0v) is 11.4. The highest BCUT2D eigenvalue weighted by Crippen LogP contribution is 2.21. The number of nitrogens with one attached hydrogen (secondary N) is 2. The van der Waals surface area contributed by atoms with Gasteiger partial charge in [-0.3, -0.25) is 4.79 Å². The van der Waals surface area contributed by atoms with Gasteiger partial charge in [-0.25, -0.2) is 4.79 Å². The van der Waals surface area contributed by atoms with Crippen LogP contribution >= 0.6 is 0 Å². The van der Waals surface area contributed by atoms with Crippen LogP contribution in [0.4, 0.5) is 11.4 Å². The molecule has 1 aliphatic rings. The molecule has 0 atom stereocenters. The Morgan fingerprint density at radius 1 is 1.40 bits per heavy atom. The number of ether oxygens (including phenoxy) is 1. The van der Waals surface area contributed by atoms with E-state index in [1.807, 2.05) is 0 Å². The molecule has 108 valence electrons. The summed E-state index contributed by atoms with van der Waals surface area (Å²) >= 11 is 0. The van der Waals surface area contributed by atoms with E-state index in [1.54, 1.807) is 25.1 Å². The van der Waals surface area contributed by atoms with E-state index in [4.69, 9.17) is 10.5 Å². The van der Waals surface area contributed by atoms with Crippen LogP contribution in [0.15, 0.2) is 18.2 Å². The molecule has 1 amide bonds. The van der Waals surface area contributed by atoms with Crippen molar-refractivity contribution >= 4 is 23.3 Å². The van der Waals surface area contributed by atoms with Crippen molar-refractivity contribution in [3.63, 3.8) is 0 Å². The minimum atomic E-state index is -0.405. The Labute approximate surface area is 117 Å².